The molecule has 0 aliphatic carbocycles. The zero-order valence-corrected chi connectivity index (χ0v) is 23.1. The Morgan fingerprint density at radius 3 is 2.27 bits per heavy atom. The minimum absolute atomic E-state index is 0.0219. The average Bonchev–Trinajstić information content (AvgIpc) is 3.26. The number of carbonyl (C=O) groups excluding carboxylic acids is 3. The quantitative estimate of drug-likeness (QED) is 0.331. The largest absolute Gasteiger partial charge is 0.338 e. The second-order valence-corrected chi connectivity index (χ2v) is 13.1. The smallest absolute Gasteiger partial charge is 0.227 e. The Bertz CT molecular complexity index is 1740. The molecule has 2 aliphatic rings. The SMILES string of the molecule is CC(=O)CCC1(S(=O)(=O)c2ccccc2)CN2C(=O)Cc3c(n(Cc4ccccc4)c4ccccc34)C2CC1=O. The van der Waals surface area contributed by atoms with Gasteiger partial charge in [-0.25, -0.2) is 8.42 Å². The fourth-order valence-electron chi connectivity index (χ4n) is 6.39. The summed E-state index contributed by atoms with van der Waals surface area (Å²) in [4.78, 5) is 41.6. The Kier molecular flexibility index (Phi) is 6.45. The molecule has 3 heterocycles. The highest BCUT2D eigenvalue weighted by Crippen LogP contribution is 2.47. The number of hydrogen-bond donors (Lipinski definition) is 0. The molecular formula is C32H30N2O5S. The Balaban J connectivity index is 1.49. The van der Waals surface area contributed by atoms with Crippen LogP contribution in [-0.2, 0) is 37.2 Å². The normalized spacial score (nSPS) is 20.8. The Morgan fingerprint density at radius 1 is 0.925 bits per heavy atom. The molecule has 0 radical (unpaired) electrons. The van der Waals surface area contributed by atoms with Crippen LogP contribution >= 0.6 is 0 Å². The molecule has 1 aromatic heterocycles. The van der Waals surface area contributed by atoms with E-state index in [1.807, 2.05) is 54.6 Å². The number of piperidine rings is 1. The van der Waals surface area contributed by atoms with E-state index in [0.29, 0.717) is 6.54 Å². The summed E-state index contributed by atoms with van der Waals surface area (Å²) in [5, 5.41) is 0.971. The predicted octanol–water partition coefficient (Wildman–Crippen LogP) is 4.67. The van der Waals surface area contributed by atoms with Crippen LogP contribution in [0, 0.1) is 0 Å². The number of sulfone groups is 1. The van der Waals surface area contributed by atoms with E-state index in [2.05, 4.69) is 4.57 Å². The summed E-state index contributed by atoms with van der Waals surface area (Å²) in [5.41, 5.74) is 3.84. The van der Waals surface area contributed by atoms with Gasteiger partial charge >= 0.3 is 0 Å². The first-order valence-corrected chi connectivity index (χ1v) is 15.0. The van der Waals surface area contributed by atoms with Gasteiger partial charge in [-0.15, -0.1) is 0 Å². The third-order valence-electron chi connectivity index (χ3n) is 8.41. The zero-order valence-electron chi connectivity index (χ0n) is 22.2. The third kappa shape index (κ3) is 4.09. The fraction of sp³-hybridized carbons (Fsp3) is 0.281. The molecule has 0 saturated carbocycles. The van der Waals surface area contributed by atoms with Crippen molar-refractivity contribution in [2.24, 2.45) is 0 Å². The molecule has 1 saturated heterocycles. The van der Waals surface area contributed by atoms with Crippen molar-refractivity contribution >= 4 is 38.2 Å². The van der Waals surface area contributed by atoms with Gasteiger partial charge in [0, 0.05) is 42.5 Å². The summed E-state index contributed by atoms with van der Waals surface area (Å²) in [5.74, 6) is -0.855. The standard InChI is InChI=1S/C32H30N2O5S/c1-22(35)16-17-32(40(38,39)24-12-6-3-7-13-24)21-34-28(19-29(32)36)31-26(18-30(34)37)25-14-8-9-15-27(25)33(31)20-23-10-4-2-5-11-23/h2-15,28H,16-21H2,1H3. The first-order chi connectivity index (χ1) is 19.2. The minimum Gasteiger partial charge on any atom is -0.338 e. The number of para-hydroxylation sites is 1. The van der Waals surface area contributed by atoms with E-state index in [1.165, 1.54) is 19.1 Å². The molecule has 2 aliphatic heterocycles. The fourth-order valence-corrected chi connectivity index (χ4v) is 8.42. The first kappa shape index (κ1) is 26.2. The van der Waals surface area contributed by atoms with Gasteiger partial charge in [0.15, 0.2) is 20.4 Å². The number of aromatic nitrogens is 1. The Morgan fingerprint density at radius 2 is 1.57 bits per heavy atom. The van der Waals surface area contributed by atoms with Crippen molar-refractivity contribution in [1.29, 1.82) is 0 Å². The molecule has 0 bridgehead atoms. The van der Waals surface area contributed by atoms with Crippen molar-refractivity contribution in [3.63, 3.8) is 0 Å². The summed E-state index contributed by atoms with van der Waals surface area (Å²) in [7, 11) is -4.21. The highest BCUT2D eigenvalue weighted by molar-refractivity contribution is 7.93. The average molecular weight is 555 g/mol. The molecule has 6 rings (SSSR count). The number of ketones is 2. The molecular weight excluding hydrogens is 524 g/mol. The minimum atomic E-state index is -4.21. The van der Waals surface area contributed by atoms with Gasteiger partial charge in [0.25, 0.3) is 0 Å². The molecule has 1 fully saturated rings. The third-order valence-corrected chi connectivity index (χ3v) is 10.9. The predicted molar refractivity (Wildman–Crippen MR) is 152 cm³/mol. The lowest BCUT2D eigenvalue weighted by Crippen LogP contribution is -2.62. The Hall–Kier alpha value is -4.04. The zero-order chi connectivity index (χ0) is 28.1. The Labute approximate surface area is 233 Å². The molecule has 40 heavy (non-hydrogen) atoms. The van der Waals surface area contributed by atoms with Crippen molar-refractivity contribution in [3.05, 3.63) is 102 Å². The molecule has 8 heteroatoms. The van der Waals surface area contributed by atoms with Gasteiger partial charge in [0.05, 0.1) is 17.4 Å². The number of hydrogen-bond acceptors (Lipinski definition) is 5. The van der Waals surface area contributed by atoms with Gasteiger partial charge < -0.3 is 14.3 Å². The van der Waals surface area contributed by atoms with Crippen LogP contribution in [0.15, 0.2) is 89.8 Å². The van der Waals surface area contributed by atoms with Gasteiger partial charge in [-0.1, -0.05) is 66.7 Å². The van der Waals surface area contributed by atoms with Gasteiger partial charge in [-0.2, -0.15) is 0 Å². The van der Waals surface area contributed by atoms with Crippen LogP contribution < -0.4 is 0 Å². The highest BCUT2D eigenvalue weighted by Gasteiger charge is 2.58. The molecule has 2 atom stereocenters. The summed E-state index contributed by atoms with van der Waals surface area (Å²) in [6, 6.07) is 25.2. The molecule has 2 unspecified atom stereocenters. The number of Topliss-reactive ketones (excluding diaryl/α,β-unsaturated/α-hetero) is 2. The van der Waals surface area contributed by atoms with Crippen molar-refractivity contribution in [3.8, 4) is 0 Å². The van der Waals surface area contributed by atoms with Crippen molar-refractivity contribution < 1.29 is 22.8 Å². The van der Waals surface area contributed by atoms with E-state index in [0.717, 1.165) is 27.7 Å². The molecule has 0 spiro atoms. The summed E-state index contributed by atoms with van der Waals surface area (Å²) >= 11 is 0. The maximum absolute atomic E-state index is 14.2. The summed E-state index contributed by atoms with van der Waals surface area (Å²) in [6.45, 7) is 1.67. The van der Waals surface area contributed by atoms with Crippen LogP contribution in [-0.4, -0.2) is 46.7 Å². The molecule has 4 aromatic rings. The van der Waals surface area contributed by atoms with E-state index in [-0.39, 0.29) is 48.8 Å². The monoisotopic (exact) mass is 554 g/mol. The van der Waals surface area contributed by atoms with Crippen molar-refractivity contribution in [2.45, 2.75) is 54.8 Å². The molecule has 204 valence electrons. The van der Waals surface area contributed by atoms with Crippen LogP contribution in [0.1, 0.15) is 49.0 Å². The molecule has 3 aromatic carbocycles. The number of nitrogens with zero attached hydrogens (tertiary/aromatic N) is 2. The number of rotatable bonds is 7. The highest BCUT2D eigenvalue weighted by atomic mass is 32.2. The van der Waals surface area contributed by atoms with E-state index >= 15 is 0 Å². The number of carbonyl (C=O) groups is 3. The number of amides is 1. The van der Waals surface area contributed by atoms with Crippen LogP contribution in [0.3, 0.4) is 0 Å². The lowest BCUT2D eigenvalue weighted by Gasteiger charge is -2.47. The topological polar surface area (TPSA) is 93.5 Å². The second-order valence-electron chi connectivity index (χ2n) is 10.8. The van der Waals surface area contributed by atoms with Gasteiger partial charge in [-0.05, 0) is 42.7 Å². The van der Waals surface area contributed by atoms with E-state index in [9.17, 15) is 22.8 Å². The maximum Gasteiger partial charge on any atom is 0.227 e. The van der Waals surface area contributed by atoms with Crippen LogP contribution in [0.5, 0.6) is 0 Å². The number of benzene rings is 3. The number of fused-ring (bicyclic) bond motifs is 5. The van der Waals surface area contributed by atoms with Crippen molar-refractivity contribution in [2.75, 3.05) is 6.54 Å². The van der Waals surface area contributed by atoms with Crippen LogP contribution in [0.4, 0.5) is 0 Å². The molecule has 7 nitrogen and oxygen atoms in total. The first-order valence-electron chi connectivity index (χ1n) is 13.5. The van der Waals surface area contributed by atoms with Gasteiger partial charge in [-0.3, -0.25) is 9.59 Å². The lowest BCUT2D eigenvalue weighted by molar-refractivity contribution is -0.141. The lowest BCUT2D eigenvalue weighted by atomic mass is 9.82. The van der Waals surface area contributed by atoms with E-state index < -0.39 is 26.4 Å². The van der Waals surface area contributed by atoms with E-state index in [4.69, 9.17) is 0 Å². The van der Waals surface area contributed by atoms with Crippen molar-refractivity contribution in [1.82, 2.24) is 9.47 Å². The molecule has 0 N–H and O–H groups in total. The summed E-state index contributed by atoms with van der Waals surface area (Å²) < 4.78 is 28.5. The molecule has 1 amide bonds. The summed E-state index contributed by atoms with van der Waals surface area (Å²) in [6.07, 6.45) is -0.233. The van der Waals surface area contributed by atoms with Gasteiger partial charge in [0.1, 0.15) is 5.78 Å². The van der Waals surface area contributed by atoms with E-state index in [1.54, 1.807) is 23.1 Å². The van der Waals surface area contributed by atoms with Gasteiger partial charge in [0.2, 0.25) is 5.91 Å². The van der Waals surface area contributed by atoms with Crippen LogP contribution in [0.25, 0.3) is 10.9 Å². The second kappa shape index (κ2) is 9.86. The maximum atomic E-state index is 14.2. The van der Waals surface area contributed by atoms with Crippen LogP contribution in [0.2, 0.25) is 0 Å².